The Morgan fingerprint density at radius 1 is 1.26 bits per heavy atom. The van der Waals surface area contributed by atoms with Crippen molar-refractivity contribution in [2.75, 3.05) is 23.8 Å². The van der Waals surface area contributed by atoms with Gasteiger partial charge in [-0.1, -0.05) is 13.8 Å². The molecule has 2 saturated heterocycles. The number of ether oxygens (including phenoxy) is 1. The van der Waals surface area contributed by atoms with Gasteiger partial charge in [-0.2, -0.15) is 10.2 Å². The molecule has 2 fully saturated rings. The lowest BCUT2D eigenvalue weighted by Crippen LogP contribution is -2.24. The van der Waals surface area contributed by atoms with Crippen LogP contribution in [0.4, 0.5) is 11.5 Å². The van der Waals surface area contributed by atoms with E-state index in [0.717, 1.165) is 49.7 Å². The van der Waals surface area contributed by atoms with Crippen molar-refractivity contribution in [1.82, 2.24) is 24.5 Å². The van der Waals surface area contributed by atoms with Crippen molar-refractivity contribution in [3.05, 3.63) is 18.5 Å². The molecule has 0 aromatic carbocycles. The van der Waals surface area contributed by atoms with E-state index in [0.29, 0.717) is 41.8 Å². The zero-order valence-corrected chi connectivity index (χ0v) is 18.1. The summed E-state index contributed by atoms with van der Waals surface area (Å²) in [5.41, 5.74) is 9.17. The molecule has 0 spiro atoms. The Morgan fingerprint density at radius 3 is 2.84 bits per heavy atom. The third-order valence-electron chi connectivity index (χ3n) is 5.94. The topological polar surface area (TPSA) is 104 Å². The van der Waals surface area contributed by atoms with Gasteiger partial charge in [0.1, 0.15) is 11.9 Å². The number of aromatic nitrogens is 5. The highest BCUT2D eigenvalue weighted by Crippen LogP contribution is 2.33. The summed E-state index contributed by atoms with van der Waals surface area (Å²) < 4.78 is 9.64. The average molecular weight is 424 g/mol. The fourth-order valence-electron chi connectivity index (χ4n) is 4.42. The van der Waals surface area contributed by atoms with Crippen LogP contribution in [0.3, 0.4) is 0 Å². The van der Waals surface area contributed by atoms with Gasteiger partial charge in [-0.05, 0) is 37.7 Å². The van der Waals surface area contributed by atoms with E-state index >= 15 is 0 Å². The van der Waals surface area contributed by atoms with Crippen LogP contribution < -0.4 is 10.6 Å². The van der Waals surface area contributed by atoms with Crippen molar-refractivity contribution < 1.29 is 9.53 Å². The zero-order valence-electron chi connectivity index (χ0n) is 18.1. The lowest BCUT2D eigenvalue weighted by Gasteiger charge is -2.22. The number of carbonyl (C=O) groups excluding carboxylic acids is 1. The smallest absolute Gasteiger partial charge is 0.228 e. The van der Waals surface area contributed by atoms with Crippen LogP contribution in [0.15, 0.2) is 18.5 Å². The van der Waals surface area contributed by atoms with Crippen LogP contribution in [0.1, 0.15) is 52.2 Å². The molecule has 3 aromatic rings. The number of nitrogens with two attached hydrogens (primary N) is 1. The first-order chi connectivity index (χ1) is 15.0. The summed E-state index contributed by atoms with van der Waals surface area (Å²) in [7, 11) is 0. The number of hydrogen-bond acceptors (Lipinski definition) is 6. The molecule has 1 unspecified atom stereocenters. The normalized spacial score (nSPS) is 19.8. The quantitative estimate of drug-likeness (QED) is 0.675. The van der Waals surface area contributed by atoms with Crippen LogP contribution in [-0.4, -0.2) is 43.6 Å². The molecule has 1 amide bonds. The number of fused-ring (bicyclic) bond motifs is 1. The van der Waals surface area contributed by atoms with Gasteiger partial charge in [0.2, 0.25) is 5.91 Å². The first-order valence-corrected chi connectivity index (χ1v) is 11.1. The summed E-state index contributed by atoms with van der Waals surface area (Å²) in [6, 6.07) is 1.99. The molecule has 3 aromatic heterocycles. The zero-order chi connectivity index (χ0) is 21.5. The van der Waals surface area contributed by atoms with Crippen molar-refractivity contribution in [2.45, 2.75) is 58.7 Å². The van der Waals surface area contributed by atoms with Crippen LogP contribution >= 0.6 is 0 Å². The van der Waals surface area contributed by atoms with Gasteiger partial charge in [0, 0.05) is 32.3 Å². The second-order valence-corrected chi connectivity index (χ2v) is 8.87. The minimum Gasteiger partial charge on any atom is -0.396 e. The molecule has 0 radical (unpaired) electrons. The van der Waals surface area contributed by atoms with Crippen LogP contribution in [-0.2, 0) is 16.1 Å². The third-order valence-corrected chi connectivity index (χ3v) is 5.94. The molecular weight excluding hydrogens is 394 g/mol. The summed E-state index contributed by atoms with van der Waals surface area (Å²) >= 11 is 0. The van der Waals surface area contributed by atoms with Crippen molar-refractivity contribution in [3.8, 4) is 11.4 Å². The molecule has 0 aliphatic carbocycles. The number of rotatable bonds is 5. The first-order valence-electron chi connectivity index (χ1n) is 11.1. The Bertz CT molecular complexity index is 1110. The van der Waals surface area contributed by atoms with E-state index in [2.05, 4.69) is 18.8 Å². The summed E-state index contributed by atoms with van der Waals surface area (Å²) in [4.78, 5) is 18.8. The molecule has 9 heteroatoms. The van der Waals surface area contributed by atoms with E-state index in [1.165, 1.54) is 0 Å². The van der Waals surface area contributed by atoms with Gasteiger partial charge in [-0.3, -0.25) is 19.4 Å². The van der Waals surface area contributed by atoms with E-state index < -0.39 is 0 Å². The maximum absolute atomic E-state index is 12.4. The molecule has 1 atom stereocenters. The highest BCUT2D eigenvalue weighted by Gasteiger charge is 2.27. The summed E-state index contributed by atoms with van der Waals surface area (Å²) in [5.74, 6) is 1.23. The average Bonchev–Trinajstić information content (AvgIpc) is 3.45. The SMILES string of the molecule is CC(C)Cn1nc(N2CCCC2=O)c2cnc(-c3nn(C4CCCCO4)cc3N)cc21. The Morgan fingerprint density at radius 2 is 2.13 bits per heavy atom. The molecule has 2 aliphatic rings. The molecule has 31 heavy (non-hydrogen) atoms. The number of nitrogens with zero attached hydrogens (tertiary/aromatic N) is 6. The van der Waals surface area contributed by atoms with Gasteiger partial charge < -0.3 is 10.5 Å². The second kappa shape index (κ2) is 7.96. The number of nitrogen functional groups attached to an aromatic ring is 1. The van der Waals surface area contributed by atoms with Gasteiger partial charge in [0.15, 0.2) is 5.82 Å². The highest BCUT2D eigenvalue weighted by atomic mass is 16.5. The fourth-order valence-corrected chi connectivity index (χ4v) is 4.42. The molecule has 9 nitrogen and oxygen atoms in total. The Labute approximate surface area is 181 Å². The number of anilines is 2. The van der Waals surface area contributed by atoms with E-state index in [-0.39, 0.29) is 12.1 Å². The Kier molecular flexibility index (Phi) is 5.13. The van der Waals surface area contributed by atoms with E-state index in [9.17, 15) is 4.79 Å². The van der Waals surface area contributed by atoms with E-state index in [1.54, 1.807) is 11.1 Å². The van der Waals surface area contributed by atoms with E-state index in [4.69, 9.17) is 20.7 Å². The highest BCUT2D eigenvalue weighted by molar-refractivity contribution is 6.03. The Balaban J connectivity index is 1.56. The molecule has 0 saturated carbocycles. The lowest BCUT2D eigenvalue weighted by atomic mass is 10.2. The molecule has 5 rings (SSSR count). The molecule has 2 N–H and O–H groups in total. The van der Waals surface area contributed by atoms with E-state index in [1.807, 2.05) is 21.6 Å². The predicted octanol–water partition coefficient (Wildman–Crippen LogP) is 3.36. The van der Waals surface area contributed by atoms with Gasteiger partial charge in [0.25, 0.3) is 0 Å². The molecule has 164 valence electrons. The van der Waals surface area contributed by atoms with Crippen LogP contribution in [0, 0.1) is 5.92 Å². The van der Waals surface area contributed by atoms with Crippen LogP contribution in [0.5, 0.6) is 0 Å². The number of carbonyl (C=O) groups is 1. The number of hydrogen-bond donors (Lipinski definition) is 1. The van der Waals surface area contributed by atoms with Gasteiger partial charge in [0.05, 0.1) is 28.5 Å². The van der Waals surface area contributed by atoms with Gasteiger partial charge in [-0.15, -0.1) is 0 Å². The van der Waals surface area contributed by atoms with Crippen molar-refractivity contribution >= 4 is 28.3 Å². The van der Waals surface area contributed by atoms with Gasteiger partial charge >= 0.3 is 0 Å². The first kappa shape index (κ1) is 20.0. The summed E-state index contributed by atoms with van der Waals surface area (Å²) in [6.45, 7) is 6.51. The van der Waals surface area contributed by atoms with Gasteiger partial charge in [-0.25, -0.2) is 4.68 Å². The van der Waals surface area contributed by atoms with Crippen molar-refractivity contribution in [3.63, 3.8) is 0 Å². The van der Waals surface area contributed by atoms with Crippen LogP contribution in [0.25, 0.3) is 22.3 Å². The van der Waals surface area contributed by atoms with Crippen LogP contribution in [0.2, 0.25) is 0 Å². The van der Waals surface area contributed by atoms with Crippen molar-refractivity contribution in [2.24, 2.45) is 5.92 Å². The molecule has 5 heterocycles. The minimum atomic E-state index is -0.0761. The number of amides is 1. The standard InChI is InChI=1S/C22H29N7O2/c1-14(2)12-28-18-10-17(21-16(23)13-29(25-21)20-7-3-4-9-31-20)24-11-15(18)22(26-28)27-8-5-6-19(27)30/h10-11,13-14,20H,3-9,12,23H2,1-2H3. The Hall–Kier alpha value is -2.94. The maximum Gasteiger partial charge on any atom is 0.228 e. The maximum atomic E-state index is 12.4. The summed E-state index contributed by atoms with van der Waals surface area (Å²) in [5, 5.41) is 10.4. The molecule has 2 aliphatic heterocycles. The third kappa shape index (κ3) is 3.67. The molecule has 0 bridgehead atoms. The second-order valence-electron chi connectivity index (χ2n) is 8.87. The lowest BCUT2D eigenvalue weighted by molar-refractivity contribution is -0.117. The minimum absolute atomic E-state index is 0.0761. The monoisotopic (exact) mass is 423 g/mol. The summed E-state index contributed by atoms with van der Waals surface area (Å²) in [6.07, 6.45) is 8.12. The fraction of sp³-hybridized carbons (Fsp3) is 0.545. The number of pyridine rings is 1. The molecular formula is C22H29N7O2. The predicted molar refractivity (Wildman–Crippen MR) is 118 cm³/mol. The van der Waals surface area contributed by atoms with Crippen molar-refractivity contribution in [1.29, 1.82) is 0 Å². The largest absolute Gasteiger partial charge is 0.396 e.